The van der Waals surface area contributed by atoms with Crippen molar-refractivity contribution in [2.75, 3.05) is 20.8 Å². The highest BCUT2D eigenvalue weighted by molar-refractivity contribution is 5.89. The largest absolute Gasteiger partial charge is 0.465 e. The van der Waals surface area contributed by atoms with Crippen LogP contribution in [-0.4, -0.2) is 56.0 Å². The Morgan fingerprint density at radius 2 is 1.70 bits per heavy atom. The summed E-state index contributed by atoms with van der Waals surface area (Å²) in [5.74, 6) is 0.532. The summed E-state index contributed by atoms with van der Waals surface area (Å²) in [5.41, 5.74) is 6.42. The van der Waals surface area contributed by atoms with Crippen molar-refractivity contribution in [1.29, 1.82) is 0 Å². The molecule has 0 amide bonds. The van der Waals surface area contributed by atoms with Crippen LogP contribution >= 0.6 is 0 Å². The molecule has 0 bridgehead atoms. The molecule has 0 aliphatic rings. The Morgan fingerprint density at radius 3 is 2.41 bits per heavy atom. The molecule has 5 aromatic rings. The number of hydrogen-bond acceptors (Lipinski definition) is 8. The molecule has 188 valence electrons. The summed E-state index contributed by atoms with van der Waals surface area (Å²) in [6.07, 6.45) is 3.11. The third kappa shape index (κ3) is 5.11. The second kappa shape index (κ2) is 11.1. The molecule has 0 saturated heterocycles. The molecular formula is C27H27N7O3. The maximum atomic E-state index is 5.80. The van der Waals surface area contributed by atoms with E-state index in [9.17, 15) is 0 Å². The van der Waals surface area contributed by atoms with E-state index >= 15 is 0 Å². The van der Waals surface area contributed by atoms with Gasteiger partial charge in [0.1, 0.15) is 5.69 Å². The average molecular weight is 498 g/mol. The van der Waals surface area contributed by atoms with Gasteiger partial charge in [0, 0.05) is 37.7 Å². The molecule has 0 unspecified atom stereocenters. The standard InChI is InChI=1S/C27H27N7O3/c1-4-37-27-29-24(26(35-2)36-3)17-34(27)16-18-12-13-20(22(15-18)23-11-7-8-14-28-23)19-9-5-6-10-21(19)25-30-32-33-31-25/h5-15,17,26H,4,16H2,1-3H3,(H,30,31,32,33). The number of nitrogens with one attached hydrogen (secondary N) is 1. The van der Waals surface area contributed by atoms with Crippen LogP contribution in [-0.2, 0) is 16.0 Å². The van der Waals surface area contributed by atoms with E-state index < -0.39 is 6.29 Å². The SMILES string of the molecule is CCOc1nc(C(OC)OC)cn1Cc1ccc(-c2ccccc2-c2nn[nH]n2)c(-c2ccccn2)c1. The van der Waals surface area contributed by atoms with Gasteiger partial charge >= 0.3 is 0 Å². The van der Waals surface area contributed by atoms with Gasteiger partial charge in [-0.15, -0.1) is 10.2 Å². The molecule has 5 rings (SSSR count). The van der Waals surface area contributed by atoms with Crippen molar-refractivity contribution >= 4 is 0 Å². The molecule has 10 nitrogen and oxygen atoms in total. The zero-order chi connectivity index (χ0) is 25.6. The fourth-order valence-electron chi connectivity index (χ4n) is 4.27. The van der Waals surface area contributed by atoms with Crippen LogP contribution in [0.15, 0.2) is 73.1 Å². The first-order chi connectivity index (χ1) is 18.2. The fourth-order valence-corrected chi connectivity index (χ4v) is 4.27. The molecule has 3 aromatic heterocycles. The normalized spacial score (nSPS) is 11.2. The predicted octanol–water partition coefficient (Wildman–Crippen LogP) is 4.53. The molecule has 0 aliphatic heterocycles. The second-order valence-corrected chi connectivity index (χ2v) is 8.19. The van der Waals surface area contributed by atoms with Crippen LogP contribution in [0.4, 0.5) is 0 Å². The fraction of sp³-hybridized carbons (Fsp3) is 0.222. The Hall–Kier alpha value is -4.41. The van der Waals surface area contributed by atoms with Crippen molar-refractivity contribution in [2.45, 2.75) is 19.8 Å². The Balaban J connectivity index is 1.59. The van der Waals surface area contributed by atoms with Gasteiger partial charge in [0.05, 0.1) is 18.8 Å². The first kappa shape index (κ1) is 24.3. The topological polar surface area (TPSA) is 113 Å². The highest BCUT2D eigenvalue weighted by Gasteiger charge is 2.19. The molecule has 0 fully saturated rings. The number of benzene rings is 2. The van der Waals surface area contributed by atoms with Crippen LogP contribution in [0.5, 0.6) is 6.01 Å². The van der Waals surface area contributed by atoms with Gasteiger partial charge in [-0.25, -0.2) is 0 Å². The lowest BCUT2D eigenvalue weighted by Gasteiger charge is -2.15. The van der Waals surface area contributed by atoms with Gasteiger partial charge in [0.15, 0.2) is 0 Å². The summed E-state index contributed by atoms with van der Waals surface area (Å²) in [7, 11) is 3.16. The number of imidazole rings is 1. The number of ether oxygens (including phenoxy) is 3. The van der Waals surface area contributed by atoms with E-state index in [-0.39, 0.29) is 0 Å². The van der Waals surface area contributed by atoms with Crippen molar-refractivity contribution in [3.8, 4) is 39.8 Å². The molecule has 1 N–H and O–H groups in total. The minimum atomic E-state index is -0.575. The molecule has 0 aliphatic carbocycles. The summed E-state index contributed by atoms with van der Waals surface area (Å²) >= 11 is 0. The van der Waals surface area contributed by atoms with Crippen LogP contribution in [0.1, 0.15) is 24.5 Å². The zero-order valence-electron chi connectivity index (χ0n) is 20.8. The summed E-state index contributed by atoms with van der Waals surface area (Å²) in [6, 6.07) is 20.7. The highest BCUT2D eigenvalue weighted by atomic mass is 16.7. The lowest BCUT2D eigenvalue weighted by molar-refractivity contribution is -0.108. The summed E-state index contributed by atoms with van der Waals surface area (Å²) in [6.45, 7) is 2.96. The lowest BCUT2D eigenvalue weighted by atomic mass is 9.92. The van der Waals surface area contributed by atoms with E-state index in [2.05, 4.69) is 54.9 Å². The van der Waals surface area contributed by atoms with Gasteiger partial charge in [-0.1, -0.05) is 42.5 Å². The first-order valence-electron chi connectivity index (χ1n) is 11.8. The van der Waals surface area contributed by atoms with Gasteiger partial charge in [0.25, 0.3) is 6.01 Å². The smallest absolute Gasteiger partial charge is 0.296 e. The third-order valence-corrected chi connectivity index (χ3v) is 5.88. The van der Waals surface area contributed by atoms with Crippen LogP contribution < -0.4 is 4.74 Å². The minimum Gasteiger partial charge on any atom is -0.465 e. The second-order valence-electron chi connectivity index (χ2n) is 8.19. The summed E-state index contributed by atoms with van der Waals surface area (Å²) < 4.78 is 18.5. The van der Waals surface area contributed by atoms with E-state index in [1.54, 1.807) is 20.4 Å². The number of rotatable bonds is 10. The number of hydrogen-bond donors (Lipinski definition) is 1. The van der Waals surface area contributed by atoms with Crippen molar-refractivity contribution in [2.24, 2.45) is 0 Å². The van der Waals surface area contributed by atoms with Gasteiger partial charge in [-0.3, -0.25) is 9.55 Å². The Bertz CT molecular complexity index is 1450. The van der Waals surface area contributed by atoms with Crippen molar-refractivity contribution in [1.82, 2.24) is 35.2 Å². The minimum absolute atomic E-state index is 0.492. The average Bonchev–Trinajstić information content (AvgIpc) is 3.61. The maximum absolute atomic E-state index is 5.80. The quantitative estimate of drug-likeness (QED) is 0.280. The van der Waals surface area contributed by atoms with E-state index in [4.69, 9.17) is 14.2 Å². The molecule has 0 radical (unpaired) electrons. The van der Waals surface area contributed by atoms with E-state index in [0.29, 0.717) is 30.7 Å². The molecule has 0 saturated carbocycles. The van der Waals surface area contributed by atoms with Crippen LogP contribution in [0.25, 0.3) is 33.8 Å². The van der Waals surface area contributed by atoms with Crippen molar-refractivity contribution < 1.29 is 14.2 Å². The van der Waals surface area contributed by atoms with Gasteiger partial charge < -0.3 is 14.2 Å². The molecular weight excluding hydrogens is 470 g/mol. The van der Waals surface area contributed by atoms with Gasteiger partial charge in [-0.05, 0) is 47.0 Å². The van der Waals surface area contributed by atoms with Crippen LogP contribution in [0, 0.1) is 0 Å². The maximum Gasteiger partial charge on any atom is 0.296 e. The Labute approximate surface area is 214 Å². The highest BCUT2D eigenvalue weighted by Crippen LogP contribution is 2.37. The molecule has 3 heterocycles. The number of pyridine rings is 1. The molecule has 37 heavy (non-hydrogen) atoms. The number of methoxy groups -OCH3 is 2. The van der Waals surface area contributed by atoms with Crippen LogP contribution in [0.3, 0.4) is 0 Å². The van der Waals surface area contributed by atoms with E-state index in [0.717, 1.165) is 33.5 Å². The van der Waals surface area contributed by atoms with Gasteiger partial charge in [0.2, 0.25) is 12.1 Å². The third-order valence-electron chi connectivity index (χ3n) is 5.88. The first-order valence-corrected chi connectivity index (χ1v) is 11.8. The zero-order valence-corrected chi connectivity index (χ0v) is 20.8. The Kier molecular flexibility index (Phi) is 7.29. The molecule has 0 atom stereocenters. The van der Waals surface area contributed by atoms with Crippen LogP contribution in [0.2, 0.25) is 0 Å². The monoisotopic (exact) mass is 497 g/mol. The Morgan fingerprint density at radius 1 is 0.919 bits per heavy atom. The molecule has 10 heteroatoms. The summed E-state index contributed by atoms with van der Waals surface area (Å²) in [5, 5.41) is 14.7. The number of nitrogens with zero attached hydrogens (tertiary/aromatic N) is 6. The number of aromatic amines is 1. The van der Waals surface area contributed by atoms with E-state index in [1.165, 1.54) is 0 Å². The van der Waals surface area contributed by atoms with E-state index in [1.807, 2.05) is 54.1 Å². The number of tetrazole rings is 1. The van der Waals surface area contributed by atoms with Crippen molar-refractivity contribution in [3.05, 3.63) is 84.3 Å². The number of aromatic nitrogens is 7. The molecule has 0 spiro atoms. The van der Waals surface area contributed by atoms with Crippen molar-refractivity contribution in [3.63, 3.8) is 0 Å². The molecule has 2 aromatic carbocycles. The summed E-state index contributed by atoms with van der Waals surface area (Å²) in [4.78, 5) is 9.23. The lowest BCUT2D eigenvalue weighted by Crippen LogP contribution is -2.04. The van der Waals surface area contributed by atoms with Gasteiger partial charge in [-0.2, -0.15) is 10.2 Å². The predicted molar refractivity (Wildman–Crippen MR) is 138 cm³/mol. The number of H-pyrrole nitrogens is 1.